The zero-order valence-corrected chi connectivity index (χ0v) is 15.3. The molecule has 0 amide bonds. The highest BCUT2D eigenvalue weighted by atomic mass is 16.5. The number of hydrogen-bond donors (Lipinski definition) is 3. The predicted molar refractivity (Wildman–Crippen MR) is 95.6 cm³/mol. The molecule has 0 unspecified atom stereocenters. The van der Waals surface area contributed by atoms with Crippen LogP contribution >= 0.6 is 0 Å². The van der Waals surface area contributed by atoms with Gasteiger partial charge in [-0.3, -0.25) is 4.79 Å². The van der Waals surface area contributed by atoms with E-state index in [9.17, 15) is 20.1 Å². The molecule has 0 saturated carbocycles. The normalized spacial score (nSPS) is 15.4. The molecular formula is C19H36O5. The van der Waals surface area contributed by atoms with Gasteiger partial charge in [-0.25, -0.2) is 0 Å². The molecule has 0 aliphatic heterocycles. The van der Waals surface area contributed by atoms with Crippen LogP contribution < -0.4 is 0 Å². The molecule has 0 rings (SSSR count). The average molecular weight is 344 g/mol. The van der Waals surface area contributed by atoms with E-state index in [2.05, 4.69) is 11.7 Å². The Morgan fingerprint density at radius 1 is 0.917 bits per heavy atom. The summed E-state index contributed by atoms with van der Waals surface area (Å²) in [6.07, 6.45) is 10.3. The Bertz CT molecular complexity index is 330. The number of carbonyl (C=O) groups is 1. The summed E-state index contributed by atoms with van der Waals surface area (Å²) in [7, 11) is 1.40. The van der Waals surface area contributed by atoms with Crippen LogP contribution in [0.25, 0.3) is 0 Å². The first-order chi connectivity index (χ1) is 11.5. The summed E-state index contributed by atoms with van der Waals surface area (Å²) < 4.78 is 4.58. The Kier molecular flexibility index (Phi) is 15.0. The summed E-state index contributed by atoms with van der Waals surface area (Å²) >= 11 is 0. The second-order valence-electron chi connectivity index (χ2n) is 6.39. The Morgan fingerprint density at radius 3 is 2.21 bits per heavy atom. The fourth-order valence-electron chi connectivity index (χ4n) is 2.50. The van der Waals surface area contributed by atoms with Gasteiger partial charge in [0.25, 0.3) is 0 Å². The molecule has 0 aromatic rings. The van der Waals surface area contributed by atoms with E-state index in [0.29, 0.717) is 19.3 Å². The van der Waals surface area contributed by atoms with Crippen molar-refractivity contribution in [1.29, 1.82) is 0 Å². The fraction of sp³-hybridized carbons (Fsp3) is 0.842. The van der Waals surface area contributed by atoms with Gasteiger partial charge < -0.3 is 20.1 Å². The zero-order chi connectivity index (χ0) is 18.2. The number of esters is 1. The maximum absolute atomic E-state index is 10.9. The molecule has 3 atom stereocenters. The summed E-state index contributed by atoms with van der Waals surface area (Å²) in [5.74, 6) is -0.161. The molecule has 0 radical (unpaired) electrons. The van der Waals surface area contributed by atoms with Gasteiger partial charge >= 0.3 is 5.97 Å². The van der Waals surface area contributed by atoms with Crippen molar-refractivity contribution in [3.63, 3.8) is 0 Å². The van der Waals surface area contributed by atoms with Crippen molar-refractivity contribution in [3.8, 4) is 0 Å². The first kappa shape index (κ1) is 23.1. The van der Waals surface area contributed by atoms with E-state index in [-0.39, 0.29) is 5.97 Å². The number of unbranched alkanes of at least 4 members (excludes halogenated alkanes) is 6. The molecule has 5 nitrogen and oxygen atoms in total. The molecule has 0 saturated heterocycles. The number of ether oxygens (including phenoxy) is 1. The summed E-state index contributed by atoms with van der Waals surface area (Å²) in [6, 6.07) is 0. The lowest BCUT2D eigenvalue weighted by atomic mass is 10.0. The lowest BCUT2D eigenvalue weighted by molar-refractivity contribution is -0.140. The molecule has 0 aliphatic rings. The van der Waals surface area contributed by atoms with E-state index in [1.807, 2.05) is 0 Å². The van der Waals surface area contributed by atoms with Crippen molar-refractivity contribution < 1.29 is 24.9 Å². The van der Waals surface area contributed by atoms with Crippen molar-refractivity contribution in [3.05, 3.63) is 12.2 Å². The molecule has 0 aliphatic carbocycles. The van der Waals surface area contributed by atoms with Crippen LogP contribution in [-0.4, -0.2) is 46.7 Å². The maximum Gasteiger partial charge on any atom is 0.305 e. The summed E-state index contributed by atoms with van der Waals surface area (Å²) in [5, 5.41) is 29.5. The van der Waals surface area contributed by atoms with E-state index < -0.39 is 18.3 Å². The molecule has 5 heteroatoms. The van der Waals surface area contributed by atoms with Gasteiger partial charge in [-0.15, -0.1) is 0 Å². The van der Waals surface area contributed by atoms with E-state index in [1.165, 1.54) is 13.2 Å². The van der Waals surface area contributed by atoms with Gasteiger partial charge in [-0.2, -0.15) is 0 Å². The number of carbonyl (C=O) groups excluding carboxylic acids is 1. The first-order valence-corrected chi connectivity index (χ1v) is 9.30. The van der Waals surface area contributed by atoms with Crippen LogP contribution in [0, 0.1) is 0 Å². The molecule has 3 N–H and O–H groups in total. The van der Waals surface area contributed by atoms with Crippen LogP contribution in [-0.2, 0) is 9.53 Å². The van der Waals surface area contributed by atoms with Crippen LogP contribution in [0.2, 0.25) is 0 Å². The molecule has 0 spiro atoms. The molecule has 0 fully saturated rings. The minimum absolute atomic E-state index is 0.161. The topological polar surface area (TPSA) is 87.0 Å². The van der Waals surface area contributed by atoms with Crippen molar-refractivity contribution in [1.82, 2.24) is 0 Å². The molecule has 142 valence electrons. The zero-order valence-electron chi connectivity index (χ0n) is 15.3. The molecule has 24 heavy (non-hydrogen) atoms. The molecule has 0 heterocycles. The number of methoxy groups -OCH3 is 1. The van der Waals surface area contributed by atoms with Gasteiger partial charge in [0.2, 0.25) is 0 Å². The minimum Gasteiger partial charge on any atom is -0.469 e. The maximum atomic E-state index is 10.9. The Balaban J connectivity index is 3.66. The van der Waals surface area contributed by atoms with Crippen LogP contribution in [0.15, 0.2) is 12.2 Å². The Morgan fingerprint density at radius 2 is 1.54 bits per heavy atom. The Labute approximate surface area is 146 Å². The third-order valence-corrected chi connectivity index (χ3v) is 4.14. The summed E-state index contributed by atoms with van der Waals surface area (Å²) in [5.41, 5.74) is 0. The van der Waals surface area contributed by atoms with Crippen molar-refractivity contribution in [2.24, 2.45) is 0 Å². The van der Waals surface area contributed by atoms with Crippen molar-refractivity contribution >= 4 is 5.97 Å². The molecule has 0 bridgehead atoms. The second kappa shape index (κ2) is 15.6. The quantitative estimate of drug-likeness (QED) is 0.241. The first-order valence-electron chi connectivity index (χ1n) is 9.30. The predicted octanol–water partition coefficient (Wildman–Crippen LogP) is 3.11. The third kappa shape index (κ3) is 13.5. The smallest absolute Gasteiger partial charge is 0.305 e. The SMILES string of the molecule is CCCCC[C@H](O)[C@@H](O)/C=C/[C@H](O)CCCCCCCC(=O)OC. The highest BCUT2D eigenvalue weighted by molar-refractivity contribution is 5.68. The molecule has 0 aromatic carbocycles. The lowest BCUT2D eigenvalue weighted by Crippen LogP contribution is -2.24. The van der Waals surface area contributed by atoms with Crippen LogP contribution in [0.4, 0.5) is 0 Å². The van der Waals surface area contributed by atoms with Gasteiger partial charge in [-0.05, 0) is 19.3 Å². The molecular weight excluding hydrogens is 308 g/mol. The van der Waals surface area contributed by atoms with E-state index in [1.54, 1.807) is 6.08 Å². The van der Waals surface area contributed by atoms with Crippen molar-refractivity contribution in [2.75, 3.05) is 7.11 Å². The largest absolute Gasteiger partial charge is 0.469 e. The van der Waals surface area contributed by atoms with E-state index in [0.717, 1.165) is 51.4 Å². The third-order valence-electron chi connectivity index (χ3n) is 4.14. The monoisotopic (exact) mass is 344 g/mol. The number of aliphatic hydroxyl groups is 3. The average Bonchev–Trinajstić information content (AvgIpc) is 2.58. The summed E-state index contributed by atoms with van der Waals surface area (Å²) in [6.45, 7) is 2.10. The van der Waals surface area contributed by atoms with E-state index >= 15 is 0 Å². The highest BCUT2D eigenvalue weighted by Crippen LogP contribution is 2.11. The van der Waals surface area contributed by atoms with Crippen LogP contribution in [0.1, 0.15) is 77.6 Å². The summed E-state index contributed by atoms with van der Waals surface area (Å²) in [4.78, 5) is 10.9. The van der Waals surface area contributed by atoms with Gasteiger partial charge in [0, 0.05) is 6.42 Å². The van der Waals surface area contributed by atoms with Gasteiger partial charge in [0.05, 0.1) is 25.4 Å². The lowest BCUT2D eigenvalue weighted by Gasteiger charge is -2.14. The fourth-order valence-corrected chi connectivity index (χ4v) is 2.50. The number of rotatable bonds is 15. The van der Waals surface area contributed by atoms with Crippen LogP contribution in [0.3, 0.4) is 0 Å². The minimum atomic E-state index is -0.908. The van der Waals surface area contributed by atoms with Crippen molar-refractivity contribution in [2.45, 2.75) is 95.9 Å². The standard InChI is InChI=1S/C19H36O5/c1-3-4-8-12-17(21)18(22)15-14-16(20)11-9-6-5-7-10-13-19(23)24-2/h14-18,20-22H,3-13H2,1-2H3/b15-14+/t16-,17+,18+/m1/s1. The van der Waals surface area contributed by atoms with Gasteiger partial charge in [0.15, 0.2) is 0 Å². The van der Waals surface area contributed by atoms with Gasteiger partial charge in [0.1, 0.15) is 0 Å². The van der Waals surface area contributed by atoms with Gasteiger partial charge in [-0.1, -0.05) is 64.0 Å². The molecule has 0 aromatic heterocycles. The van der Waals surface area contributed by atoms with E-state index in [4.69, 9.17) is 0 Å². The number of aliphatic hydroxyl groups excluding tert-OH is 3. The number of hydrogen-bond acceptors (Lipinski definition) is 5. The Hall–Kier alpha value is -0.910. The van der Waals surface area contributed by atoms with Crippen LogP contribution in [0.5, 0.6) is 0 Å². The second-order valence-corrected chi connectivity index (χ2v) is 6.39. The highest BCUT2D eigenvalue weighted by Gasteiger charge is 2.13.